The first kappa shape index (κ1) is 20.6. The molecule has 2 amide bonds. The molecule has 0 radical (unpaired) electrons. The van der Waals surface area contributed by atoms with E-state index in [1.54, 1.807) is 4.90 Å². The van der Waals surface area contributed by atoms with E-state index >= 15 is 0 Å². The van der Waals surface area contributed by atoms with Crippen LogP contribution in [0, 0.1) is 6.92 Å². The van der Waals surface area contributed by atoms with Crippen LogP contribution in [0.15, 0.2) is 53.0 Å². The van der Waals surface area contributed by atoms with E-state index in [2.05, 4.69) is 21.2 Å². The summed E-state index contributed by atoms with van der Waals surface area (Å²) in [6.07, 6.45) is 0.341. The maximum Gasteiger partial charge on any atom is 0.254 e. The Balaban J connectivity index is 1.72. The maximum atomic E-state index is 13.1. The van der Waals surface area contributed by atoms with Gasteiger partial charge in [0.1, 0.15) is 0 Å². The van der Waals surface area contributed by atoms with Crippen molar-refractivity contribution in [3.8, 4) is 0 Å². The summed E-state index contributed by atoms with van der Waals surface area (Å²) in [4.78, 5) is 29.4. The highest BCUT2D eigenvalue weighted by atomic mass is 79.9. The molecule has 3 rings (SSSR count). The van der Waals surface area contributed by atoms with Crippen molar-refractivity contribution in [1.29, 1.82) is 0 Å². The molecule has 0 unspecified atom stereocenters. The first-order valence-corrected chi connectivity index (χ1v) is 10.4. The third-order valence-corrected chi connectivity index (χ3v) is 5.43. The van der Waals surface area contributed by atoms with Gasteiger partial charge in [0.15, 0.2) is 0 Å². The molecular weight excluding hydrogens is 418 g/mol. The molecule has 2 aromatic rings. The van der Waals surface area contributed by atoms with Crippen molar-refractivity contribution < 1.29 is 9.59 Å². The third-order valence-electron chi connectivity index (χ3n) is 4.90. The Kier molecular flexibility index (Phi) is 7.23. The normalized spacial score (nSPS) is 14.0. The number of hydrogen-bond acceptors (Lipinski definition) is 3. The summed E-state index contributed by atoms with van der Waals surface area (Å²) in [5.41, 5.74) is 2.75. The maximum absolute atomic E-state index is 13.1. The molecule has 1 aliphatic rings. The molecule has 28 heavy (non-hydrogen) atoms. The van der Waals surface area contributed by atoms with Gasteiger partial charge in [-0.3, -0.25) is 9.59 Å². The fourth-order valence-electron chi connectivity index (χ4n) is 3.33. The van der Waals surface area contributed by atoms with E-state index in [9.17, 15) is 9.59 Å². The van der Waals surface area contributed by atoms with Crippen molar-refractivity contribution in [3.05, 3.63) is 69.7 Å². The zero-order valence-corrected chi connectivity index (χ0v) is 17.7. The molecule has 0 aliphatic carbocycles. The molecule has 0 bridgehead atoms. The Morgan fingerprint density at radius 1 is 1.11 bits per heavy atom. The summed E-state index contributed by atoms with van der Waals surface area (Å²) in [5, 5.41) is 3.25. The predicted molar refractivity (Wildman–Crippen MR) is 114 cm³/mol. The first-order chi connectivity index (χ1) is 13.5. The molecule has 1 heterocycles. The van der Waals surface area contributed by atoms with Crippen LogP contribution in [0.3, 0.4) is 0 Å². The molecular formula is C22H26BrN3O2. The summed E-state index contributed by atoms with van der Waals surface area (Å²) in [7, 11) is 0. The van der Waals surface area contributed by atoms with E-state index in [1.165, 1.54) is 0 Å². The van der Waals surface area contributed by atoms with Gasteiger partial charge in [-0.1, -0.05) is 45.8 Å². The van der Waals surface area contributed by atoms with Gasteiger partial charge < -0.3 is 15.1 Å². The van der Waals surface area contributed by atoms with Crippen molar-refractivity contribution in [2.45, 2.75) is 19.9 Å². The second-order valence-electron chi connectivity index (χ2n) is 7.10. The minimum Gasteiger partial charge on any atom is -0.340 e. The second kappa shape index (κ2) is 9.85. The van der Waals surface area contributed by atoms with Gasteiger partial charge in [-0.2, -0.15) is 0 Å². The molecule has 1 aliphatic heterocycles. The summed E-state index contributed by atoms with van der Waals surface area (Å²) in [5.74, 6) is 0.0686. The summed E-state index contributed by atoms with van der Waals surface area (Å²) < 4.78 is 1.00. The Labute approximate surface area is 174 Å². The van der Waals surface area contributed by atoms with Gasteiger partial charge in [0, 0.05) is 55.7 Å². The van der Waals surface area contributed by atoms with Crippen molar-refractivity contribution >= 4 is 27.7 Å². The monoisotopic (exact) mass is 443 g/mol. The summed E-state index contributed by atoms with van der Waals surface area (Å²) in [6, 6.07) is 15.5. The number of hydrogen-bond donors (Lipinski definition) is 1. The Bertz CT molecular complexity index is 817. The Morgan fingerprint density at radius 3 is 2.50 bits per heavy atom. The number of nitrogens with zero attached hydrogens (tertiary/aromatic N) is 2. The molecule has 6 heteroatoms. The number of nitrogens with one attached hydrogen (secondary N) is 1. The number of carbonyl (C=O) groups excluding carboxylic acids is 2. The third kappa shape index (κ3) is 5.66. The molecule has 148 valence electrons. The minimum atomic E-state index is -0.0419. The fourth-order valence-corrected chi connectivity index (χ4v) is 3.59. The highest BCUT2D eigenvalue weighted by Gasteiger charge is 2.21. The van der Waals surface area contributed by atoms with Crippen molar-refractivity contribution in [1.82, 2.24) is 15.1 Å². The molecule has 2 aromatic carbocycles. The molecule has 5 nitrogen and oxygen atoms in total. The minimum absolute atomic E-state index is 0.0419. The highest BCUT2D eigenvalue weighted by molar-refractivity contribution is 9.10. The van der Waals surface area contributed by atoms with Gasteiger partial charge in [-0.05, 0) is 36.8 Å². The van der Waals surface area contributed by atoms with E-state index in [4.69, 9.17) is 0 Å². The lowest BCUT2D eigenvalue weighted by Gasteiger charge is -2.29. The standard InChI is InChI=1S/C22H26BrN3O2/c1-17-3-2-4-19(15-17)22(28)26(16-18-5-7-20(23)8-6-18)12-9-21(27)25-13-10-24-11-14-25/h2-8,15,24H,9-14,16H2,1H3. The van der Waals surface area contributed by atoms with Crippen molar-refractivity contribution in [2.75, 3.05) is 32.7 Å². The SMILES string of the molecule is Cc1cccc(C(=O)N(CCC(=O)N2CCNCC2)Cc2ccc(Br)cc2)c1. The van der Waals surface area contributed by atoms with Gasteiger partial charge >= 0.3 is 0 Å². The number of amides is 2. The molecule has 0 atom stereocenters. The Morgan fingerprint density at radius 2 is 1.82 bits per heavy atom. The van der Waals surface area contributed by atoms with Crippen LogP contribution in [0.4, 0.5) is 0 Å². The van der Waals surface area contributed by atoms with E-state index in [0.29, 0.717) is 25.1 Å². The van der Waals surface area contributed by atoms with Crippen LogP contribution in [0.5, 0.6) is 0 Å². The average molecular weight is 444 g/mol. The van der Waals surface area contributed by atoms with Gasteiger partial charge in [0.2, 0.25) is 5.91 Å². The van der Waals surface area contributed by atoms with E-state index in [-0.39, 0.29) is 11.8 Å². The number of rotatable bonds is 6. The van der Waals surface area contributed by atoms with E-state index in [0.717, 1.165) is 41.8 Å². The predicted octanol–water partition coefficient (Wildman–Crippen LogP) is 3.22. The molecule has 1 saturated heterocycles. The van der Waals surface area contributed by atoms with Crippen LogP contribution in [-0.4, -0.2) is 54.3 Å². The lowest BCUT2D eigenvalue weighted by atomic mass is 10.1. The lowest BCUT2D eigenvalue weighted by Crippen LogP contribution is -2.47. The fraction of sp³-hybridized carbons (Fsp3) is 0.364. The molecule has 1 fully saturated rings. The number of carbonyl (C=O) groups is 2. The number of piperazine rings is 1. The summed E-state index contributed by atoms with van der Waals surface area (Å²) in [6.45, 7) is 5.99. The molecule has 0 spiro atoms. The lowest BCUT2D eigenvalue weighted by molar-refractivity contribution is -0.132. The smallest absolute Gasteiger partial charge is 0.254 e. The topological polar surface area (TPSA) is 52.7 Å². The van der Waals surface area contributed by atoms with Gasteiger partial charge in [0.25, 0.3) is 5.91 Å². The van der Waals surface area contributed by atoms with E-state index < -0.39 is 0 Å². The second-order valence-corrected chi connectivity index (χ2v) is 8.02. The first-order valence-electron chi connectivity index (χ1n) is 9.62. The largest absolute Gasteiger partial charge is 0.340 e. The highest BCUT2D eigenvalue weighted by Crippen LogP contribution is 2.15. The van der Waals surface area contributed by atoms with Crippen LogP contribution in [-0.2, 0) is 11.3 Å². The zero-order chi connectivity index (χ0) is 19.9. The van der Waals surface area contributed by atoms with Crippen LogP contribution >= 0.6 is 15.9 Å². The van der Waals surface area contributed by atoms with Crippen LogP contribution < -0.4 is 5.32 Å². The van der Waals surface area contributed by atoms with Crippen molar-refractivity contribution in [3.63, 3.8) is 0 Å². The van der Waals surface area contributed by atoms with E-state index in [1.807, 2.05) is 60.4 Å². The van der Waals surface area contributed by atoms with Gasteiger partial charge in [-0.15, -0.1) is 0 Å². The van der Waals surface area contributed by atoms with Crippen molar-refractivity contribution in [2.24, 2.45) is 0 Å². The zero-order valence-electron chi connectivity index (χ0n) is 16.2. The number of halogens is 1. The number of aryl methyl sites for hydroxylation is 1. The van der Waals surface area contributed by atoms with Crippen LogP contribution in [0.1, 0.15) is 27.9 Å². The quantitative estimate of drug-likeness (QED) is 0.745. The molecule has 1 N–H and O–H groups in total. The van der Waals surface area contributed by atoms with Gasteiger partial charge in [0.05, 0.1) is 0 Å². The van der Waals surface area contributed by atoms with Gasteiger partial charge in [-0.25, -0.2) is 0 Å². The molecule has 0 aromatic heterocycles. The Hall–Kier alpha value is -2.18. The van der Waals surface area contributed by atoms with Crippen LogP contribution in [0.2, 0.25) is 0 Å². The number of benzene rings is 2. The average Bonchev–Trinajstić information content (AvgIpc) is 2.72. The van der Waals surface area contributed by atoms with Crippen LogP contribution in [0.25, 0.3) is 0 Å². The molecule has 0 saturated carbocycles. The summed E-state index contributed by atoms with van der Waals surface area (Å²) >= 11 is 3.44.